The Morgan fingerprint density at radius 2 is 1.91 bits per heavy atom. The Kier molecular flexibility index (Phi) is 5.57. The minimum atomic E-state index is -0.474. The Morgan fingerprint density at radius 3 is 2.67 bits per heavy atom. The van der Waals surface area contributed by atoms with Crippen molar-refractivity contribution < 1.29 is 18.7 Å². The van der Waals surface area contributed by atoms with E-state index in [2.05, 4.69) is 0 Å². The number of ether oxygens (including phenoxy) is 2. The number of pyridine rings is 1. The van der Waals surface area contributed by atoms with E-state index >= 15 is 0 Å². The van der Waals surface area contributed by atoms with Crippen LogP contribution in [0.5, 0.6) is 5.75 Å². The molecule has 0 aliphatic carbocycles. The Balaban J connectivity index is 1.28. The predicted octanol–water partition coefficient (Wildman–Crippen LogP) is 6.81. The first kappa shape index (κ1) is 21.8. The molecular weight excluding hydrogens is 440 g/mol. The summed E-state index contributed by atoms with van der Waals surface area (Å²) in [5.74, 6) is 1.16. The minimum absolute atomic E-state index is 0.238. The van der Waals surface area contributed by atoms with Crippen LogP contribution >= 0.6 is 11.6 Å². The Bertz CT molecular complexity index is 1330. The molecule has 2 aromatic carbocycles. The van der Waals surface area contributed by atoms with Crippen LogP contribution in [0.4, 0.5) is 4.79 Å². The standard InChI is InChI=1S/C26H27ClN2O4/c1-26(2,3)33-25(30)29-12-10-16(11-13-29)15-31-17-8-9-21-19(14-17)23-24(32-21)22(27)18-6-4-5-7-20(18)28-23/h4-9,14,16H,10-13,15H2,1-3H3. The van der Waals surface area contributed by atoms with E-state index in [0.717, 1.165) is 46.0 Å². The number of amides is 1. The molecule has 0 N–H and O–H groups in total. The number of benzene rings is 2. The predicted molar refractivity (Wildman–Crippen MR) is 130 cm³/mol. The molecule has 1 aliphatic heterocycles. The average Bonchev–Trinajstić information content (AvgIpc) is 3.15. The van der Waals surface area contributed by atoms with Gasteiger partial charge in [-0.25, -0.2) is 9.78 Å². The number of aromatic nitrogens is 1. The second kappa shape index (κ2) is 8.41. The van der Waals surface area contributed by atoms with Gasteiger partial charge in [-0.3, -0.25) is 0 Å². The topological polar surface area (TPSA) is 64.8 Å². The smallest absolute Gasteiger partial charge is 0.410 e. The van der Waals surface area contributed by atoms with Gasteiger partial charge in [-0.05, 0) is 63.8 Å². The zero-order valence-corrected chi connectivity index (χ0v) is 19.8. The highest BCUT2D eigenvalue weighted by molar-refractivity contribution is 6.40. The second-order valence-electron chi connectivity index (χ2n) is 9.60. The van der Waals surface area contributed by atoms with Crippen LogP contribution < -0.4 is 4.74 Å². The van der Waals surface area contributed by atoms with Gasteiger partial charge in [0.2, 0.25) is 0 Å². The molecule has 2 aromatic heterocycles. The van der Waals surface area contributed by atoms with Crippen molar-refractivity contribution in [2.45, 2.75) is 39.2 Å². The number of carbonyl (C=O) groups is 1. The van der Waals surface area contributed by atoms with Gasteiger partial charge < -0.3 is 18.8 Å². The van der Waals surface area contributed by atoms with Crippen LogP contribution in [0, 0.1) is 5.92 Å². The minimum Gasteiger partial charge on any atom is -0.493 e. The van der Waals surface area contributed by atoms with Crippen LogP contribution in [0.2, 0.25) is 5.02 Å². The monoisotopic (exact) mass is 466 g/mol. The fourth-order valence-corrected chi connectivity index (χ4v) is 4.52. The summed E-state index contributed by atoms with van der Waals surface area (Å²) in [5.41, 5.74) is 2.42. The third-order valence-electron chi connectivity index (χ3n) is 5.96. The van der Waals surface area contributed by atoms with Crippen molar-refractivity contribution in [1.82, 2.24) is 9.88 Å². The molecule has 0 radical (unpaired) electrons. The van der Waals surface area contributed by atoms with Gasteiger partial charge in [0, 0.05) is 18.5 Å². The van der Waals surface area contributed by atoms with Gasteiger partial charge >= 0.3 is 6.09 Å². The maximum atomic E-state index is 12.3. The van der Waals surface area contributed by atoms with Crippen molar-refractivity contribution in [3.8, 4) is 5.75 Å². The zero-order chi connectivity index (χ0) is 23.2. The quantitative estimate of drug-likeness (QED) is 0.331. The molecule has 7 heteroatoms. The van der Waals surface area contributed by atoms with Crippen molar-refractivity contribution in [3.05, 3.63) is 47.5 Å². The lowest BCUT2D eigenvalue weighted by Crippen LogP contribution is -2.42. The van der Waals surface area contributed by atoms with Crippen LogP contribution in [-0.4, -0.2) is 41.3 Å². The third kappa shape index (κ3) is 4.44. The number of halogens is 1. The summed E-state index contributed by atoms with van der Waals surface area (Å²) in [7, 11) is 0. The molecule has 0 bridgehead atoms. The maximum Gasteiger partial charge on any atom is 0.410 e. The number of piperidine rings is 1. The van der Waals surface area contributed by atoms with E-state index in [0.29, 0.717) is 36.2 Å². The molecule has 0 atom stereocenters. The van der Waals surface area contributed by atoms with E-state index < -0.39 is 5.60 Å². The number of furan rings is 1. The van der Waals surface area contributed by atoms with Crippen molar-refractivity contribution in [2.24, 2.45) is 5.92 Å². The van der Waals surface area contributed by atoms with Gasteiger partial charge in [0.25, 0.3) is 0 Å². The summed E-state index contributed by atoms with van der Waals surface area (Å²) < 4.78 is 17.6. The molecule has 0 unspecified atom stereocenters. The molecule has 5 rings (SSSR count). The molecule has 33 heavy (non-hydrogen) atoms. The molecule has 3 heterocycles. The normalized spacial score (nSPS) is 15.5. The molecule has 172 valence electrons. The number of hydrogen-bond acceptors (Lipinski definition) is 5. The zero-order valence-electron chi connectivity index (χ0n) is 19.1. The highest BCUT2D eigenvalue weighted by Crippen LogP contribution is 2.37. The molecule has 1 fully saturated rings. The SMILES string of the molecule is CC(C)(C)OC(=O)N1CCC(COc2ccc3oc4c(Cl)c5ccccc5nc4c3c2)CC1. The van der Waals surface area contributed by atoms with Gasteiger partial charge in [-0.2, -0.15) is 0 Å². The highest BCUT2D eigenvalue weighted by atomic mass is 35.5. The van der Waals surface area contributed by atoms with Gasteiger partial charge in [-0.15, -0.1) is 0 Å². The van der Waals surface area contributed by atoms with Crippen LogP contribution in [-0.2, 0) is 4.74 Å². The molecule has 1 aliphatic rings. The van der Waals surface area contributed by atoms with Crippen molar-refractivity contribution in [2.75, 3.05) is 19.7 Å². The van der Waals surface area contributed by atoms with Crippen LogP contribution in [0.1, 0.15) is 33.6 Å². The van der Waals surface area contributed by atoms with Crippen molar-refractivity contribution in [1.29, 1.82) is 0 Å². The molecule has 1 amide bonds. The van der Waals surface area contributed by atoms with Crippen LogP contribution in [0.3, 0.4) is 0 Å². The van der Waals surface area contributed by atoms with Crippen molar-refractivity contribution >= 4 is 50.7 Å². The lowest BCUT2D eigenvalue weighted by atomic mass is 9.98. The van der Waals surface area contributed by atoms with Gasteiger partial charge in [0.1, 0.15) is 22.5 Å². The van der Waals surface area contributed by atoms with E-state index in [-0.39, 0.29) is 6.09 Å². The van der Waals surface area contributed by atoms with Gasteiger partial charge in [0.05, 0.1) is 22.5 Å². The third-order valence-corrected chi connectivity index (χ3v) is 6.33. The maximum absolute atomic E-state index is 12.3. The number of likely N-dealkylation sites (tertiary alicyclic amines) is 1. The molecule has 0 spiro atoms. The van der Waals surface area contributed by atoms with Gasteiger partial charge in [0.15, 0.2) is 5.58 Å². The second-order valence-corrected chi connectivity index (χ2v) is 9.98. The van der Waals surface area contributed by atoms with Crippen LogP contribution in [0.25, 0.3) is 33.0 Å². The largest absolute Gasteiger partial charge is 0.493 e. The molecular formula is C26H27ClN2O4. The van der Waals surface area contributed by atoms with E-state index in [1.165, 1.54) is 0 Å². The lowest BCUT2D eigenvalue weighted by molar-refractivity contribution is 0.0165. The summed E-state index contributed by atoms with van der Waals surface area (Å²) >= 11 is 6.62. The van der Waals surface area contributed by atoms with Crippen LogP contribution in [0.15, 0.2) is 46.9 Å². The molecule has 0 saturated carbocycles. The van der Waals surface area contributed by atoms with E-state index in [1.54, 1.807) is 4.90 Å². The molecule has 1 saturated heterocycles. The lowest BCUT2D eigenvalue weighted by Gasteiger charge is -2.33. The summed E-state index contributed by atoms with van der Waals surface area (Å²) in [4.78, 5) is 18.8. The van der Waals surface area contributed by atoms with Gasteiger partial charge in [-0.1, -0.05) is 29.8 Å². The first-order valence-corrected chi connectivity index (χ1v) is 11.7. The summed E-state index contributed by atoms with van der Waals surface area (Å²) in [5, 5.41) is 2.33. The number of fused-ring (bicyclic) bond motifs is 4. The molecule has 4 aromatic rings. The number of carbonyl (C=O) groups excluding carboxylic acids is 1. The number of para-hydroxylation sites is 1. The highest BCUT2D eigenvalue weighted by Gasteiger charge is 2.27. The number of nitrogens with zero attached hydrogens (tertiary/aromatic N) is 2. The fourth-order valence-electron chi connectivity index (χ4n) is 4.24. The van der Waals surface area contributed by atoms with E-state index in [1.807, 2.05) is 63.2 Å². The molecule has 6 nitrogen and oxygen atoms in total. The summed E-state index contributed by atoms with van der Waals surface area (Å²) in [6.45, 7) is 7.63. The Morgan fingerprint density at radius 1 is 1.15 bits per heavy atom. The summed E-state index contributed by atoms with van der Waals surface area (Å²) in [6.07, 6.45) is 1.54. The van der Waals surface area contributed by atoms with E-state index in [9.17, 15) is 4.79 Å². The number of rotatable bonds is 3. The average molecular weight is 467 g/mol. The first-order valence-electron chi connectivity index (χ1n) is 11.3. The number of hydrogen-bond donors (Lipinski definition) is 0. The fraction of sp³-hybridized carbons (Fsp3) is 0.385. The van der Waals surface area contributed by atoms with E-state index in [4.69, 9.17) is 30.5 Å². The Hall–Kier alpha value is -2.99. The summed E-state index contributed by atoms with van der Waals surface area (Å²) in [6, 6.07) is 13.6. The first-order chi connectivity index (χ1) is 15.8. The van der Waals surface area contributed by atoms with Crippen molar-refractivity contribution in [3.63, 3.8) is 0 Å². The Labute approximate surface area is 197 Å².